The molecule has 0 saturated heterocycles. The lowest BCUT2D eigenvalue weighted by Crippen LogP contribution is -2.28. The molecule has 1 amide bonds. The van der Waals surface area contributed by atoms with Gasteiger partial charge < -0.3 is 19.1 Å². The van der Waals surface area contributed by atoms with Gasteiger partial charge in [-0.3, -0.25) is 4.79 Å². The van der Waals surface area contributed by atoms with Crippen LogP contribution in [0.2, 0.25) is 0 Å². The van der Waals surface area contributed by atoms with Crippen LogP contribution in [-0.2, 0) is 11.3 Å². The summed E-state index contributed by atoms with van der Waals surface area (Å²) in [4.78, 5) is 18.2. The predicted molar refractivity (Wildman–Crippen MR) is 107 cm³/mol. The van der Waals surface area contributed by atoms with Crippen LogP contribution in [0.5, 0.6) is 23.1 Å². The van der Waals surface area contributed by atoms with Gasteiger partial charge in [0.1, 0.15) is 22.9 Å². The van der Waals surface area contributed by atoms with Gasteiger partial charge >= 0.3 is 0 Å². The van der Waals surface area contributed by atoms with E-state index in [1.54, 1.807) is 48.7 Å². The van der Waals surface area contributed by atoms with Crippen molar-refractivity contribution in [3.05, 3.63) is 72.4 Å². The van der Waals surface area contributed by atoms with E-state index in [0.29, 0.717) is 28.5 Å². The Morgan fingerprint density at radius 3 is 2.55 bits per heavy atom. The van der Waals surface area contributed by atoms with Crippen LogP contribution >= 0.6 is 0 Å². The molecule has 0 spiro atoms. The van der Waals surface area contributed by atoms with E-state index in [1.807, 2.05) is 18.2 Å². The number of nitrogens with zero attached hydrogens (tertiary/aromatic N) is 2. The highest BCUT2D eigenvalue weighted by atomic mass is 19.1. The molecule has 3 rings (SSSR count). The van der Waals surface area contributed by atoms with Crippen molar-refractivity contribution in [2.75, 3.05) is 18.9 Å². The number of hydrogen-bond acceptors (Lipinski definition) is 5. The molecular weight excluding hydrogens is 375 g/mol. The molecule has 0 N–H and O–H groups in total. The minimum absolute atomic E-state index is 0.124. The minimum Gasteiger partial charge on any atom is -0.497 e. The molecule has 0 unspecified atom stereocenters. The summed E-state index contributed by atoms with van der Waals surface area (Å²) in [5.41, 5.74) is 1.07. The van der Waals surface area contributed by atoms with E-state index in [4.69, 9.17) is 14.2 Å². The average Bonchev–Trinajstić information content (AvgIpc) is 2.74. The van der Waals surface area contributed by atoms with Gasteiger partial charge in [0.15, 0.2) is 0 Å². The van der Waals surface area contributed by atoms with Gasteiger partial charge in [-0.15, -0.1) is 0 Å². The van der Waals surface area contributed by atoms with Crippen LogP contribution in [0.4, 0.5) is 10.1 Å². The van der Waals surface area contributed by atoms with Crippen LogP contribution in [0, 0.1) is 0 Å². The quantitative estimate of drug-likeness (QED) is 0.550. The normalized spacial score (nSPS) is 10.3. The van der Waals surface area contributed by atoms with Gasteiger partial charge in [-0.05, 0) is 42.5 Å². The van der Waals surface area contributed by atoms with Crippen LogP contribution < -0.4 is 19.1 Å². The van der Waals surface area contributed by atoms with Gasteiger partial charge in [-0.2, -0.15) is 0 Å². The molecule has 7 heteroatoms. The number of aromatic nitrogens is 1. The first-order chi connectivity index (χ1) is 14.1. The zero-order valence-electron chi connectivity index (χ0n) is 16.2. The van der Waals surface area contributed by atoms with Crippen LogP contribution in [0.25, 0.3) is 0 Å². The SMILES string of the molecule is COc1ccc(OCF)c(CN(C(C)=O)c2cccnc2Oc2ccccc2)c1. The van der Waals surface area contributed by atoms with Crippen molar-refractivity contribution in [2.24, 2.45) is 0 Å². The summed E-state index contributed by atoms with van der Waals surface area (Å²) in [6, 6.07) is 17.6. The Kier molecular flexibility index (Phi) is 6.63. The third kappa shape index (κ3) is 5.01. The molecule has 3 aromatic rings. The van der Waals surface area contributed by atoms with Crippen molar-refractivity contribution in [1.29, 1.82) is 0 Å². The van der Waals surface area contributed by atoms with Crippen LogP contribution in [-0.4, -0.2) is 24.9 Å². The number of rotatable bonds is 8. The molecule has 2 aromatic carbocycles. The average molecular weight is 396 g/mol. The molecule has 1 aromatic heterocycles. The number of hydrogen-bond donors (Lipinski definition) is 0. The number of methoxy groups -OCH3 is 1. The number of halogens is 1. The predicted octanol–water partition coefficient (Wildman–Crippen LogP) is 4.74. The first kappa shape index (κ1) is 20.1. The van der Waals surface area contributed by atoms with Gasteiger partial charge in [0.25, 0.3) is 0 Å². The molecule has 0 fully saturated rings. The number of alkyl halides is 1. The second-order valence-electron chi connectivity index (χ2n) is 6.08. The van der Waals surface area contributed by atoms with Gasteiger partial charge in [-0.1, -0.05) is 18.2 Å². The fourth-order valence-electron chi connectivity index (χ4n) is 2.81. The van der Waals surface area contributed by atoms with E-state index >= 15 is 0 Å². The molecular formula is C22H21FN2O4. The Balaban J connectivity index is 1.97. The Morgan fingerprint density at radius 2 is 1.86 bits per heavy atom. The minimum atomic E-state index is -0.978. The van der Waals surface area contributed by atoms with E-state index in [0.717, 1.165) is 0 Å². The first-order valence-corrected chi connectivity index (χ1v) is 8.94. The summed E-state index contributed by atoms with van der Waals surface area (Å²) in [6.07, 6.45) is 1.59. The van der Waals surface area contributed by atoms with E-state index in [9.17, 15) is 9.18 Å². The van der Waals surface area contributed by atoms with Crippen molar-refractivity contribution < 1.29 is 23.4 Å². The molecule has 29 heavy (non-hydrogen) atoms. The van der Waals surface area contributed by atoms with Crippen LogP contribution in [0.3, 0.4) is 0 Å². The lowest BCUT2D eigenvalue weighted by molar-refractivity contribution is -0.116. The number of benzene rings is 2. The fraction of sp³-hybridized carbons (Fsp3) is 0.182. The largest absolute Gasteiger partial charge is 0.497 e. The molecule has 0 aliphatic heterocycles. The second kappa shape index (κ2) is 9.54. The highest BCUT2D eigenvalue weighted by Crippen LogP contribution is 2.33. The summed E-state index contributed by atoms with van der Waals surface area (Å²) in [6.45, 7) is 0.586. The zero-order chi connectivity index (χ0) is 20.6. The monoisotopic (exact) mass is 396 g/mol. The Labute approximate surface area is 168 Å². The molecule has 1 heterocycles. The Bertz CT molecular complexity index is 966. The van der Waals surface area contributed by atoms with Crippen molar-refractivity contribution in [3.8, 4) is 23.1 Å². The summed E-state index contributed by atoms with van der Waals surface area (Å²) < 4.78 is 29.0. The highest BCUT2D eigenvalue weighted by Gasteiger charge is 2.20. The van der Waals surface area contributed by atoms with Crippen LogP contribution in [0.15, 0.2) is 66.9 Å². The van der Waals surface area contributed by atoms with Gasteiger partial charge in [0, 0.05) is 18.7 Å². The first-order valence-electron chi connectivity index (χ1n) is 8.94. The molecule has 0 aliphatic rings. The summed E-state index contributed by atoms with van der Waals surface area (Å²) >= 11 is 0. The smallest absolute Gasteiger partial charge is 0.243 e. The summed E-state index contributed by atoms with van der Waals surface area (Å²) in [5, 5.41) is 0. The maximum Gasteiger partial charge on any atom is 0.243 e. The number of amides is 1. The molecule has 0 radical (unpaired) electrons. The highest BCUT2D eigenvalue weighted by molar-refractivity contribution is 5.92. The van der Waals surface area contributed by atoms with E-state index in [2.05, 4.69) is 4.98 Å². The standard InChI is InChI=1S/C22H21FN2O4/c1-16(26)25(14-17-13-19(27-2)10-11-21(17)28-15-23)20-9-6-12-24-22(20)29-18-7-4-3-5-8-18/h3-13H,14-15H2,1-2H3. The maximum absolute atomic E-state index is 12.8. The molecule has 0 atom stereocenters. The molecule has 0 aliphatic carbocycles. The number of para-hydroxylation sites is 1. The Hall–Kier alpha value is -3.61. The lowest BCUT2D eigenvalue weighted by atomic mass is 10.1. The number of ether oxygens (including phenoxy) is 3. The van der Waals surface area contributed by atoms with Crippen molar-refractivity contribution >= 4 is 11.6 Å². The van der Waals surface area contributed by atoms with Crippen LogP contribution in [0.1, 0.15) is 12.5 Å². The van der Waals surface area contributed by atoms with Crippen molar-refractivity contribution in [1.82, 2.24) is 4.98 Å². The zero-order valence-corrected chi connectivity index (χ0v) is 16.2. The van der Waals surface area contributed by atoms with E-state index < -0.39 is 6.86 Å². The van der Waals surface area contributed by atoms with Crippen molar-refractivity contribution in [2.45, 2.75) is 13.5 Å². The molecule has 6 nitrogen and oxygen atoms in total. The van der Waals surface area contributed by atoms with E-state index in [1.165, 1.54) is 18.9 Å². The summed E-state index contributed by atoms with van der Waals surface area (Å²) in [7, 11) is 1.53. The number of carbonyl (C=O) groups excluding carboxylic acids is 1. The molecule has 150 valence electrons. The summed E-state index contributed by atoms with van der Waals surface area (Å²) in [5.74, 6) is 1.55. The van der Waals surface area contributed by atoms with E-state index in [-0.39, 0.29) is 18.3 Å². The number of pyridine rings is 1. The topological polar surface area (TPSA) is 60.9 Å². The van der Waals surface area contributed by atoms with Gasteiger partial charge in [0.05, 0.1) is 13.7 Å². The third-order valence-corrected chi connectivity index (χ3v) is 4.19. The second-order valence-corrected chi connectivity index (χ2v) is 6.08. The Morgan fingerprint density at radius 1 is 1.07 bits per heavy atom. The molecule has 0 saturated carbocycles. The van der Waals surface area contributed by atoms with Gasteiger partial charge in [0.2, 0.25) is 18.6 Å². The molecule has 0 bridgehead atoms. The van der Waals surface area contributed by atoms with Crippen molar-refractivity contribution in [3.63, 3.8) is 0 Å². The lowest BCUT2D eigenvalue weighted by Gasteiger charge is -2.24. The number of anilines is 1. The van der Waals surface area contributed by atoms with Gasteiger partial charge in [-0.25, -0.2) is 9.37 Å². The number of carbonyl (C=O) groups is 1. The third-order valence-electron chi connectivity index (χ3n) is 4.19. The maximum atomic E-state index is 12.8. The fourth-order valence-corrected chi connectivity index (χ4v) is 2.81.